The molecule has 0 aliphatic carbocycles. The van der Waals surface area contributed by atoms with Crippen LogP contribution in [0.2, 0.25) is 0 Å². The number of hydrogen-bond donors (Lipinski definition) is 1. The van der Waals surface area contributed by atoms with Gasteiger partial charge in [-0.15, -0.1) is 0 Å². The lowest BCUT2D eigenvalue weighted by Crippen LogP contribution is -2.44. The van der Waals surface area contributed by atoms with E-state index in [1.54, 1.807) is 18.3 Å². The molecule has 10 heteroatoms. The SMILES string of the molecule is CCc1cc(Nc2cccc(C(F)(F)F)c2)ccc1C=NCc1ncc(F)c(N2CCOCC2C)n1. The van der Waals surface area contributed by atoms with Gasteiger partial charge in [0.25, 0.3) is 0 Å². The number of hydrogen-bond acceptors (Lipinski definition) is 6. The van der Waals surface area contributed by atoms with Crippen LogP contribution in [0.5, 0.6) is 0 Å². The molecule has 36 heavy (non-hydrogen) atoms. The largest absolute Gasteiger partial charge is 0.416 e. The Morgan fingerprint density at radius 3 is 2.75 bits per heavy atom. The maximum Gasteiger partial charge on any atom is 0.416 e. The number of aliphatic imine (C=N–C) groups is 1. The third-order valence-electron chi connectivity index (χ3n) is 5.88. The van der Waals surface area contributed by atoms with E-state index in [4.69, 9.17) is 4.74 Å². The van der Waals surface area contributed by atoms with Crippen molar-refractivity contribution in [3.63, 3.8) is 0 Å². The Morgan fingerprint density at radius 1 is 1.19 bits per heavy atom. The number of morpholine rings is 1. The zero-order valence-corrected chi connectivity index (χ0v) is 20.0. The lowest BCUT2D eigenvalue weighted by molar-refractivity contribution is -0.137. The molecule has 3 aromatic rings. The zero-order valence-electron chi connectivity index (χ0n) is 20.0. The highest BCUT2D eigenvalue weighted by Crippen LogP contribution is 2.31. The van der Waals surface area contributed by atoms with Gasteiger partial charge in [-0.1, -0.05) is 19.1 Å². The Kier molecular flexibility index (Phi) is 7.83. The fraction of sp³-hybridized carbons (Fsp3) is 0.346. The number of benzene rings is 2. The normalized spacial score (nSPS) is 16.5. The van der Waals surface area contributed by atoms with E-state index < -0.39 is 17.6 Å². The van der Waals surface area contributed by atoms with E-state index in [1.165, 1.54) is 12.3 Å². The number of nitrogens with one attached hydrogen (secondary N) is 1. The summed E-state index contributed by atoms with van der Waals surface area (Å²) in [5, 5.41) is 3.03. The number of anilines is 3. The monoisotopic (exact) mass is 501 g/mol. The minimum absolute atomic E-state index is 0.00896. The Hall–Kier alpha value is -3.53. The van der Waals surface area contributed by atoms with Crippen LogP contribution in [0.1, 0.15) is 36.4 Å². The molecule has 1 fully saturated rings. The molecule has 1 aliphatic heterocycles. The fourth-order valence-electron chi connectivity index (χ4n) is 3.99. The standard InChI is InChI=1S/C26H27F4N5O/c1-3-18-11-22(33-21-6-4-5-20(12-21)26(28,29)30)8-7-19(18)13-31-15-24-32-14-23(27)25(34-24)35-9-10-36-16-17(35)2/h4-8,11-14,17,33H,3,9-10,15-16H2,1-2H3. The number of halogens is 4. The van der Waals surface area contributed by atoms with Crippen LogP contribution < -0.4 is 10.2 Å². The van der Waals surface area contributed by atoms with Crippen molar-refractivity contribution in [1.29, 1.82) is 0 Å². The third kappa shape index (κ3) is 6.17. The van der Waals surface area contributed by atoms with E-state index in [2.05, 4.69) is 20.3 Å². The molecule has 0 radical (unpaired) electrons. The van der Waals surface area contributed by atoms with E-state index in [-0.39, 0.29) is 18.4 Å². The van der Waals surface area contributed by atoms with Crippen molar-refractivity contribution in [3.8, 4) is 0 Å². The van der Waals surface area contributed by atoms with E-state index in [9.17, 15) is 17.6 Å². The van der Waals surface area contributed by atoms with Gasteiger partial charge in [-0.2, -0.15) is 13.2 Å². The predicted molar refractivity (Wildman–Crippen MR) is 131 cm³/mol. The maximum absolute atomic E-state index is 14.4. The molecule has 1 aliphatic rings. The summed E-state index contributed by atoms with van der Waals surface area (Å²) in [6.07, 6.45) is -0.828. The molecule has 4 rings (SSSR count). The average molecular weight is 502 g/mol. The molecule has 0 bridgehead atoms. The van der Waals surface area contributed by atoms with Crippen molar-refractivity contribution in [2.24, 2.45) is 4.99 Å². The van der Waals surface area contributed by atoms with Crippen molar-refractivity contribution < 1.29 is 22.3 Å². The molecule has 0 amide bonds. The first kappa shape index (κ1) is 25.6. The summed E-state index contributed by atoms with van der Waals surface area (Å²) in [4.78, 5) is 14.8. The van der Waals surface area contributed by atoms with Crippen LogP contribution >= 0.6 is 0 Å². The molecule has 1 unspecified atom stereocenters. The molecule has 190 valence electrons. The summed E-state index contributed by atoms with van der Waals surface area (Å²) < 4.78 is 58.8. The van der Waals surface area contributed by atoms with E-state index >= 15 is 0 Å². The van der Waals surface area contributed by atoms with Crippen molar-refractivity contribution in [2.45, 2.75) is 39.0 Å². The van der Waals surface area contributed by atoms with Crippen LogP contribution in [0.25, 0.3) is 0 Å². The zero-order chi connectivity index (χ0) is 25.7. The van der Waals surface area contributed by atoms with Crippen LogP contribution in [0.4, 0.5) is 34.8 Å². The second-order valence-electron chi connectivity index (χ2n) is 8.52. The van der Waals surface area contributed by atoms with Gasteiger partial charge < -0.3 is 15.0 Å². The molecule has 0 spiro atoms. The van der Waals surface area contributed by atoms with Gasteiger partial charge in [-0.05, 0) is 54.8 Å². The highest BCUT2D eigenvalue weighted by molar-refractivity contribution is 5.83. The molecule has 2 aromatic carbocycles. The van der Waals surface area contributed by atoms with Crippen molar-refractivity contribution in [2.75, 3.05) is 30.0 Å². The Labute approximate surface area is 207 Å². The topological polar surface area (TPSA) is 62.6 Å². The molecular formula is C26H27F4N5O. The van der Waals surface area contributed by atoms with Gasteiger partial charge in [0.05, 0.1) is 37.6 Å². The average Bonchev–Trinajstić information content (AvgIpc) is 2.86. The summed E-state index contributed by atoms with van der Waals surface area (Å²) in [5.41, 5.74) is 2.16. The van der Waals surface area contributed by atoms with Crippen molar-refractivity contribution in [1.82, 2.24) is 9.97 Å². The van der Waals surface area contributed by atoms with Crippen LogP contribution in [-0.2, 0) is 23.9 Å². The Morgan fingerprint density at radius 2 is 2.00 bits per heavy atom. The fourth-order valence-corrected chi connectivity index (χ4v) is 3.99. The Balaban J connectivity index is 1.46. The van der Waals surface area contributed by atoms with Gasteiger partial charge in [-0.25, -0.2) is 14.4 Å². The molecular weight excluding hydrogens is 474 g/mol. The quantitative estimate of drug-likeness (QED) is 0.328. The summed E-state index contributed by atoms with van der Waals surface area (Å²) >= 11 is 0. The number of aromatic nitrogens is 2. The van der Waals surface area contributed by atoms with Crippen LogP contribution in [0.3, 0.4) is 0 Å². The van der Waals surface area contributed by atoms with Gasteiger partial charge >= 0.3 is 6.18 Å². The molecule has 1 atom stereocenters. The van der Waals surface area contributed by atoms with Crippen molar-refractivity contribution in [3.05, 3.63) is 77.0 Å². The van der Waals surface area contributed by atoms with Gasteiger partial charge in [0.1, 0.15) is 0 Å². The van der Waals surface area contributed by atoms with Gasteiger partial charge in [0.2, 0.25) is 0 Å². The molecule has 2 heterocycles. The molecule has 1 aromatic heterocycles. The number of nitrogens with zero attached hydrogens (tertiary/aromatic N) is 4. The smallest absolute Gasteiger partial charge is 0.377 e. The van der Waals surface area contributed by atoms with Gasteiger partial charge in [0, 0.05) is 24.1 Å². The van der Waals surface area contributed by atoms with Crippen LogP contribution in [-0.4, -0.2) is 42.0 Å². The first-order valence-electron chi connectivity index (χ1n) is 11.7. The summed E-state index contributed by atoms with van der Waals surface area (Å²) in [6.45, 7) is 5.70. The molecule has 1 saturated heterocycles. The van der Waals surface area contributed by atoms with Crippen LogP contribution in [0.15, 0.2) is 53.7 Å². The number of rotatable bonds is 7. The molecule has 6 nitrogen and oxygen atoms in total. The minimum Gasteiger partial charge on any atom is -0.377 e. The van der Waals surface area contributed by atoms with Crippen LogP contribution in [0, 0.1) is 5.82 Å². The summed E-state index contributed by atoms with van der Waals surface area (Å²) in [7, 11) is 0. The second kappa shape index (κ2) is 11.0. The number of ether oxygens (including phenoxy) is 1. The highest BCUT2D eigenvalue weighted by atomic mass is 19.4. The Bertz CT molecular complexity index is 1230. The van der Waals surface area contributed by atoms with E-state index in [1.807, 2.05) is 30.9 Å². The maximum atomic E-state index is 14.4. The minimum atomic E-state index is -4.40. The number of alkyl halides is 3. The highest BCUT2D eigenvalue weighted by Gasteiger charge is 2.30. The lowest BCUT2D eigenvalue weighted by atomic mass is 10.0. The first-order chi connectivity index (χ1) is 17.2. The van der Waals surface area contributed by atoms with E-state index in [0.29, 0.717) is 43.4 Å². The number of aryl methyl sites for hydroxylation is 1. The molecule has 1 N–H and O–H groups in total. The van der Waals surface area contributed by atoms with Gasteiger partial charge in [-0.3, -0.25) is 4.99 Å². The predicted octanol–water partition coefficient (Wildman–Crippen LogP) is 5.78. The summed E-state index contributed by atoms with van der Waals surface area (Å²) in [5.74, 6) is 0.182. The van der Waals surface area contributed by atoms with Gasteiger partial charge in [0.15, 0.2) is 17.5 Å². The third-order valence-corrected chi connectivity index (χ3v) is 5.88. The molecule has 0 saturated carbocycles. The first-order valence-corrected chi connectivity index (χ1v) is 11.7. The lowest BCUT2D eigenvalue weighted by Gasteiger charge is -2.34. The van der Waals surface area contributed by atoms with E-state index in [0.717, 1.165) is 23.3 Å². The summed E-state index contributed by atoms with van der Waals surface area (Å²) in [6, 6.07) is 10.6. The van der Waals surface area contributed by atoms with Crippen molar-refractivity contribution >= 4 is 23.4 Å². The second-order valence-corrected chi connectivity index (χ2v) is 8.52.